The molecule has 1 heterocycles. The molecule has 0 spiro atoms. The van der Waals surface area contributed by atoms with Gasteiger partial charge in [-0.3, -0.25) is 9.79 Å². The number of likely N-dealkylation sites (tertiary alicyclic amines) is 1. The van der Waals surface area contributed by atoms with Crippen LogP contribution in [0.4, 0.5) is 0 Å². The highest BCUT2D eigenvalue weighted by Crippen LogP contribution is 2.12. The number of methoxy groups -OCH3 is 1. The smallest absolute Gasteiger partial charge is 0.222 e. The number of nitrogens with zero attached hydrogens (tertiary/aromatic N) is 2. The molecule has 0 radical (unpaired) electrons. The number of hydrogen-bond donors (Lipinski definition) is 2. The maximum Gasteiger partial charge on any atom is 0.222 e. The zero-order valence-corrected chi connectivity index (χ0v) is 16.0. The maximum atomic E-state index is 11.8. The second-order valence-electron chi connectivity index (χ2n) is 6.23. The Hall–Kier alpha value is -2.28. The quantitative estimate of drug-likeness (QED) is 0.415. The molecule has 0 bridgehead atoms. The minimum absolute atomic E-state index is 0.213. The summed E-state index contributed by atoms with van der Waals surface area (Å²) in [6.07, 6.45) is 1.50. The molecule has 1 unspecified atom stereocenters. The number of aliphatic imine (C=N–C) groups is 1. The normalized spacial score (nSPS) is 17.3. The number of carbonyl (C=O) groups is 1. The van der Waals surface area contributed by atoms with Gasteiger partial charge in [-0.1, -0.05) is 19.1 Å². The van der Waals surface area contributed by atoms with Crippen molar-refractivity contribution in [2.45, 2.75) is 32.4 Å². The first-order valence-electron chi connectivity index (χ1n) is 9.12. The van der Waals surface area contributed by atoms with Crippen LogP contribution >= 0.6 is 0 Å². The molecule has 1 saturated heterocycles. The number of hydrogen-bond acceptors (Lipinski definition) is 4. The molecule has 26 heavy (non-hydrogen) atoms. The lowest BCUT2D eigenvalue weighted by Gasteiger charge is -2.18. The van der Waals surface area contributed by atoms with E-state index in [1.54, 1.807) is 14.2 Å². The number of guanidine groups is 1. The van der Waals surface area contributed by atoms with Crippen LogP contribution in [-0.2, 0) is 16.1 Å². The minimum atomic E-state index is 0.213. The van der Waals surface area contributed by atoms with Crippen LogP contribution in [0.25, 0.3) is 0 Å². The highest BCUT2D eigenvalue weighted by Gasteiger charge is 2.25. The molecule has 7 heteroatoms. The van der Waals surface area contributed by atoms with E-state index in [0.29, 0.717) is 26.2 Å². The van der Waals surface area contributed by atoms with Gasteiger partial charge in [0.1, 0.15) is 12.4 Å². The fourth-order valence-electron chi connectivity index (χ4n) is 2.85. The second kappa shape index (κ2) is 10.7. The molecule has 0 aliphatic carbocycles. The first-order chi connectivity index (χ1) is 12.7. The Labute approximate surface area is 155 Å². The van der Waals surface area contributed by atoms with Crippen molar-refractivity contribution in [3.63, 3.8) is 0 Å². The summed E-state index contributed by atoms with van der Waals surface area (Å²) in [5.41, 5.74) is 1.14. The number of nitrogens with one attached hydrogen (secondary N) is 2. The summed E-state index contributed by atoms with van der Waals surface area (Å²) in [5.74, 6) is 1.80. The fourth-order valence-corrected chi connectivity index (χ4v) is 2.85. The van der Waals surface area contributed by atoms with E-state index in [0.717, 1.165) is 36.8 Å². The van der Waals surface area contributed by atoms with E-state index in [4.69, 9.17) is 9.47 Å². The molecule has 1 aliphatic heterocycles. The van der Waals surface area contributed by atoms with Gasteiger partial charge in [0.25, 0.3) is 0 Å². The zero-order chi connectivity index (χ0) is 18.8. The van der Waals surface area contributed by atoms with Gasteiger partial charge in [-0.05, 0) is 24.1 Å². The maximum absolute atomic E-state index is 11.8. The lowest BCUT2D eigenvalue weighted by molar-refractivity contribution is -0.129. The van der Waals surface area contributed by atoms with Crippen LogP contribution < -0.4 is 15.4 Å². The number of ether oxygens (including phenoxy) is 2. The molecule has 2 N–H and O–H groups in total. The monoisotopic (exact) mass is 362 g/mol. The van der Waals surface area contributed by atoms with Crippen molar-refractivity contribution in [3.05, 3.63) is 29.8 Å². The van der Waals surface area contributed by atoms with Gasteiger partial charge in [-0.2, -0.15) is 0 Å². The van der Waals surface area contributed by atoms with Crippen molar-refractivity contribution in [2.75, 3.05) is 40.5 Å². The first kappa shape index (κ1) is 20.0. The molecule has 1 amide bonds. The van der Waals surface area contributed by atoms with Gasteiger partial charge >= 0.3 is 0 Å². The van der Waals surface area contributed by atoms with E-state index in [-0.39, 0.29) is 11.9 Å². The topological polar surface area (TPSA) is 75.2 Å². The standard InChI is InChI=1S/C19H30N4O3/c1-4-18(24)23-10-9-16(14-23)22-19(20-2)21-13-15-5-7-17(8-6-15)26-12-11-25-3/h5-8,16H,4,9-14H2,1-3H3,(H2,20,21,22). The van der Waals surface area contributed by atoms with E-state index < -0.39 is 0 Å². The summed E-state index contributed by atoms with van der Waals surface area (Å²) in [6, 6.07) is 8.20. The third-order valence-corrected chi connectivity index (χ3v) is 4.35. The van der Waals surface area contributed by atoms with Crippen LogP contribution in [0.2, 0.25) is 0 Å². The van der Waals surface area contributed by atoms with Crippen LogP contribution in [0.5, 0.6) is 5.75 Å². The van der Waals surface area contributed by atoms with E-state index in [9.17, 15) is 4.79 Å². The van der Waals surface area contributed by atoms with E-state index >= 15 is 0 Å². The SMILES string of the molecule is CCC(=O)N1CCC(NC(=NC)NCc2ccc(OCCOC)cc2)C1. The summed E-state index contributed by atoms with van der Waals surface area (Å²) >= 11 is 0. The summed E-state index contributed by atoms with van der Waals surface area (Å²) in [6.45, 7) is 5.24. The Kier molecular flexibility index (Phi) is 8.21. The zero-order valence-electron chi connectivity index (χ0n) is 16.0. The van der Waals surface area contributed by atoms with Crippen LogP contribution in [0.3, 0.4) is 0 Å². The van der Waals surface area contributed by atoms with Crippen LogP contribution in [0.1, 0.15) is 25.3 Å². The summed E-state index contributed by atoms with van der Waals surface area (Å²) in [5, 5.41) is 6.71. The number of benzene rings is 1. The molecule has 144 valence electrons. The predicted molar refractivity (Wildman–Crippen MR) is 102 cm³/mol. The average molecular weight is 362 g/mol. The van der Waals surface area contributed by atoms with Crippen LogP contribution in [0, 0.1) is 0 Å². The summed E-state index contributed by atoms with van der Waals surface area (Å²) in [4.78, 5) is 18.0. The minimum Gasteiger partial charge on any atom is -0.491 e. The number of rotatable bonds is 8. The lowest BCUT2D eigenvalue weighted by Crippen LogP contribution is -2.44. The van der Waals surface area contributed by atoms with Crippen molar-refractivity contribution in [3.8, 4) is 5.75 Å². The number of amides is 1. The van der Waals surface area contributed by atoms with Gasteiger partial charge in [-0.15, -0.1) is 0 Å². The Balaban J connectivity index is 1.76. The van der Waals surface area contributed by atoms with Gasteiger partial charge in [0.2, 0.25) is 5.91 Å². The lowest BCUT2D eigenvalue weighted by atomic mass is 10.2. The van der Waals surface area contributed by atoms with Gasteiger partial charge in [0, 0.05) is 46.3 Å². The van der Waals surface area contributed by atoms with Crippen molar-refractivity contribution in [1.29, 1.82) is 0 Å². The van der Waals surface area contributed by atoms with Gasteiger partial charge in [-0.25, -0.2) is 0 Å². The summed E-state index contributed by atoms with van der Waals surface area (Å²) < 4.78 is 10.5. The van der Waals surface area contributed by atoms with Crippen molar-refractivity contribution in [1.82, 2.24) is 15.5 Å². The third kappa shape index (κ3) is 6.22. The largest absolute Gasteiger partial charge is 0.491 e. The fraction of sp³-hybridized carbons (Fsp3) is 0.579. The molecule has 0 saturated carbocycles. The predicted octanol–water partition coefficient (Wildman–Crippen LogP) is 1.39. The molecular formula is C19H30N4O3. The van der Waals surface area contributed by atoms with Crippen LogP contribution in [0.15, 0.2) is 29.3 Å². The Morgan fingerprint density at radius 2 is 2.08 bits per heavy atom. The number of carbonyl (C=O) groups excluding carboxylic acids is 1. The molecule has 0 aromatic heterocycles. The highest BCUT2D eigenvalue weighted by molar-refractivity contribution is 5.80. The Morgan fingerprint density at radius 3 is 2.73 bits per heavy atom. The molecule has 1 aromatic carbocycles. The Morgan fingerprint density at radius 1 is 1.31 bits per heavy atom. The molecule has 1 aromatic rings. The van der Waals surface area contributed by atoms with E-state index in [1.165, 1.54) is 0 Å². The van der Waals surface area contributed by atoms with Crippen molar-refractivity contribution in [2.24, 2.45) is 4.99 Å². The molecular weight excluding hydrogens is 332 g/mol. The van der Waals surface area contributed by atoms with E-state index in [2.05, 4.69) is 15.6 Å². The van der Waals surface area contributed by atoms with Crippen molar-refractivity contribution >= 4 is 11.9 Å². The third-order valence-electron chi connectivity index (χ3n) is 4.35. The van der Waals surface area contributed by atoms with Crippen molar-refractivity contribution < 1.29 is 14.3 Å². The van der Waals surface area contributed by atoms with Gasteiger partial charge in [0.15, 0.2) is 5.96 Å². The van der Waals surface area contributed by atoms with Crippen LogP contribution in [-0.4, -0.2) is 63.3 Å². The molecule has 2 rings (SSSR count). The average Bonchev–Trinajstić information content (AvgIpc) is 3.14. The molecule has 1 aliphatic rings. The van der Waals surface area contributed by atoms with Gasteiger partial charge in [0.05, 0.1) is 6.61 Å². The van der Waals surface area contributed by atoms with Gasteiger partial charge < -0.3 is 25.0 Å². The summed E-state index contributed by atoms with van der Waals surface area (Å²) in [7, 11) is 3.41. The molecule has 7 nitrogen and oxygen atoms in total. The molecule has 1 atom stereocenters. The second-order valence-corrected chi connectivity index (χ2v) is 6.23. The van der Waals surface area contributed by atoms with E-state index in [1.807, 2.05) is 36.1 Å². The highest BCUT2D eigenvalue weighted by atomic mass is 16.5. The first-order valence-corrected chi connectivity index (χ1v) is 9.12. The molecule has 1 fully saturated rings. The Bertz CT molecular complexity index is 589.